The molecule has 0 aromatic heterocycles. The molecule has 0 aliphatic rings. The van der Waals surface area contributed by atoms with Crippen LogP contribution in [0.3, 0.4) is 0 Å². The lowest BCUT2D eigenvalue weighted by atomic mass is 9.98. The molecule has 0 radical (unpaired) electrons. The first-order valence-electron chi connectivity index (χ1n) is 14.2. The number of hydrogen-bond donors (Lipinski definition) is 0. The molecule has 0 saturated heterocycles. The molecule has 0 aliphatic heterocycles. The fourth-order valence-electron chi connectivity index (χ4n) is 4.70. The second-order valence-corrected chi connectivity index (χ2v) is 10.5. The molecular formula is C32H52N2O. The number of unbranched alkanes of at least 4 members (excludes halogenated alkanes) is 8. The molecule has 0 saturated carbocycles. The average molecular weight is 481 g/mol. The standard InChI is InChI=1S/C32H52N2O/c1-7-9-11-13-15-23-31(27-19-17-21-29(25-27)33(3)4)35-32(24-16-14-12-10-8-2)28-20-18-22-30(26-28)34(5)6/h17-22,25-26,31-32H,7-16,23-24H2,1-6H3. The first-order valence-corrected chi connectivity index (χ1v) is 14.2. The maximum Gasteiger partial charge on any atom is 0.0834 e. The van der Waals surface area contributed by atoms with Crippen LogP contribution >= 0.6 is 0 Å². The Morgan fingerprint density at radius 2 is 0.971 bits per heavy atom. The van der Waals surface area contributed by atoms with Gasteiger partial charge in [0.2, 0.25) is 0 Å². The second-order valence-electron chi connectivity index (χ2n) is 10.5. The van der Waals surface area contributed by atoms with E-state index in [4.69, 9.17) is 4.74 Å². The molecule has 0 spiro atoms. The lowest BCUT2D eigenvalue weighted by molar-refractivity contribution is -0.0263. The summed E-state index contributed by atoms with van der Waals surface area (Å²) < 4.78 is 7.07. The molecule has 2 aromatic carbocycles. The van der Waals surface area contributed by atoms with Crippen molar-refractivity contribution in [2.24, 2.45) is 0 Å². The van der Waals surface area contributed by atoms with Gasteiger partial charge in [-0.2, -0.15) is 0 Å². The number of hydrogen-bond acceptors (Lipinski definition) is 3. The Balaban J connectivity index is 2.26. The van der Waals surface area contributed by atoms with E-state index in [0.717, 1.165) is 12.8 Å². The van der Waals surface area contributed by atoms with Crippen molar-refractivity contribution in [1.82, 2.24) is 0 Å². The number of benzene rings is 2. The molecule has 3 heteroatoms. The van der Waals surface area contributed by atoms with Crippen LogP contribution in [0.2, 0.25) is 0 Å². The highest BCUT2D eigenvalue weighted by Crippen LogP contribution is 2.36. The molecule has 2 unspecified atom stereocenters. The summed E-state index contributed by atoms with van der Waals surface area (Å²) in [6.45, 7) is 4.57. The highest BCUT2D eigenvalue weighted by molar-refractivity contribution is 5.48. The van der Waals surface area contributed by atoms with E-state index in [1.54, 1.807) is 0 Å². The summed E-state index contributed by atoms with van der Waals surface area (Å²) in [5.41, 5.74) is 5.11. The number of nitrogens with zero attached hydrogens (tertiary/aromatic N) is 2. The molecule has 0 aliphatic carbocycles. The molecule has 35 heavy (non-hydrogen) atoms. The monoisotopic (exact) mass is 480 g/mol. The third-order valence-corrected chi connectivity index (χ3v) is 6.99. The predicted octanol–water partition coefficient (Wildman–Crippen LogP) is 9.34. The Hall–Kier alpha value is -2.00. The van der Waals surface area contributed by atoms with Gasteiger partial charge in [-0.05, 0) is 48.2 Å². The van der Waals surface area contributed by atoms with Crippen molar-refractivity contribution in [3.8, 4) is 0 Å². The molecule has 2 aromatic rings. The van der Waals surface area contributed by atoms with E-state index in [1.807, 2.05) is 0 Å². The zero-order valence-electron chi connectivity index (χ0n) is 23.6. The number of ether oxygens (including phenoxy) is 1. The van der Waals surface area contributed by atoms with Gasteiger partial charge in [0.1, 0.15) is 0 Å². The van der Waals surface area contributed by atoms with Gasteiger partial charge in [0.05, 0.1) is 12.2 Å². The Morgan fingerprint density at radius 3 is 1.34 bits per heavy atom. The van der Waals surface area contributed by atoms with Gasteiger partial charge < -0.3 is 14.5 Å². The Morgan fingerprint density at radius 1 is 0.571 bits per heavy atom. The molecule has 0 N–H and O–H groups in total. The van der Waals surface area contributed by atoms with E-state index in [9.17, 15) is 0 Å². The lowest BCUT2D eigenvalue weighted by Gasteiger charge is -2.28. The first-order chi connectivity index (χ1) is 17.0. The highest BCUT2D eigenvalue weighted by Gasteiger charge is 2.21. The van der Waals surface area contributed by atoms with Crippen LogP contribution in [0.1, 0.15) is 114 Å². The summed E-state index contributed by atoms with van der Waals surface area (Å²) in [6, 6.07) is 17.9. The topological polar surface area (TPSA) is 15.7 Å². The van der Waals surface area contributed by atoms with Crippen LogP contribution in [-0.4, -0.2) is 28.2 Å². The van der Waals surface area contributed by atoms with Crippen molar-refractivity contribution < 1.29 is 4.74 Å². The molecule has 3 nitrogen and oxygen atoms in total. The normalized spacial score (nSPS) is 13.0. The average Bonchev–Trinajstić information content (AvgIpc) is 2.86. The van der Waals surface area contributed by atoms with Gasteiger partial charge in [-0.3, -0.25) is 0 Å². The van der Waals surface area contributed by atoms with Crippen molar-refractivity contribution in [2.45, 2.75) is 103 Å². The number of anilines is 2. The van der Waals surface area contributed by atoms with E-state index in [2.05, 4.69) is 100 Å². The van der Waals surface area contributed by atoms with Crippen molar-refractivity contribution >= 4 is 11.4 Å². The quantitative estimate of drug-likeness (QED) is 0.198. The van der Waals surface area contributed by atoms with Crippen LogP contribution in [-0.2, 0) is 4.74 Å². The summed E-state index contributed by atoms with van der Waals surface area (Å²) in [7, 11) is 8.47. The first kappa shape index (κ1) is 29.2. The van der Waals surface area contributed by atoms with Gasteiger partial charge >= 0.3 is 0 Å². The molecule has 2 rings (SSSR count). The van der Waals surface area contributed by atoms with Crippen LogP contribution in [0.5, 0.6) is 0 Å². The van der Waals surface area contributed by atoms with Gasteiger partial charge in [-0.15, -0.1) is 0 Å². The molecular weight excluding hydrogens is 428 g/mol. The van der Waals surface area contributed by atoms with Crippen LogP contribution < -0.4 is 9.80 Å². The maximum absolute atomic E-state index is 7.07. The molecule has 196 valence electrons. The molecule has 0 heterocycles. The van der Waals surface area contributed by atoms with Crippen molar-refractivity contribution in [2.75, 3.05) is 38.0 Å². The van der Waals surface area contributed by atoms with E-state index in [-0.39, 0.29) is 12.2 Å². The van der Waals surface area contributed by atoms with E-state index >= 15 is 0 Å². The molecule has 0 amide bonds. The number of rotatable bonds is 18. The largest absolute Gasteiger partial charge is 0.378 e. The zero-order chi connectivity index (χ0) is 25.5. The van der Waals surface area contributed by atoms with Gasteiger partial charge in [0, 0.05) is 39.6 Å². The van der Waals surface area contributed by atoms with Crippen LogP contribution in [0.15, 0.2) is 48.5 Å². The Labute approximate surface area is 216 Å². The van der Waals surface area contributed by atoms with E-state index in [1.165, 1.54) is 86.7 Å². The minimum Gasteiger partial charge on any atom is -0.378 e. The van der Waals surface area contributed by atoms with Gasteiger partial charge in [0.25, 0.3) is 0 Å². The summed E-state index contributed by atoms with van der Waals surface area (Å²) in [4.78, 5) is 4.38. The Bertz CT molecular complexity index is 749. The second kappa shape index (κ2) is 16.6. The maximum atomic E-state index is 7.07. The molecule has 0 bridgehead atoms. The van der Waals surface area contributed by atoms with Crippen LogP contribution in [0, 0.1) is 0 Å². The minimum absolute atomic E-state index is 0.125. The lowest BCUT2D eigenvalue weighted by Crippen LogP contribution is -2.14. The minimum atomic E-state index is 0.125. The van der Waals surface area contributed by atoms with E-state index in [0.29, 0.717) is 0 Å². The van der Waals surface area contributed by atoms with Crippen LogP contribution in [0.4, 0.5) is 11.4 Å². The summed E-state index contributed by atoms with van der Waals surface area (Å²) in [5, 5.41) is 0. The third-order valence-electron chi connectivity index (χ3n) is 6.99. The van der Waals surface area contributed by atoms with Gasteiger partial charge in [-0.1, -0.05) is 102 Å². The highest BCUT2D eigenvalue weighted by atomic mass is 16.5. The fourth-order valence-corrected chi connectivity index (χ4v) is 4.70. The van der Waals surface area contributed by atoms with Crippen molar-refractivity contribution in [3.63, 3.8) is 0 Å². The Kier molecular flexibility index (Phi) is 13.9. The smallest absolute Gasteiger partial charge is 0.0834 e. The third kappa shape index (κ3) is 10.7. The summed E-state index contributed by atoms with van der Waals surface area (Å²) in [5.74, 6) is 0. The van der Waals surface area contributed by atoms with Crippen molar-refractivity contribution in [1.29, 1.82) is 0 Å². The predicted molar refractivity (Wildman–Crippen MR) is 155 cm³/mol. The zero-order valence-corrected chi connectivity index (χ0v) is 23.6. The van der Waals surface area contributed by atoms with Crippen molar-refractivity contribution in [3.05, 3.63) is 59.7 Å². The van der Waals surface area contributed by atoms with Gasteiger partial charge in [0.15, 0.2) is 0 Å². The molecule has 0 fully saturated rings. The van der Waals surface area contributed by atoms with Crippen LogP contribution in [0.25, 0.3) is 0 Å². The fraction of sp³-hybridized carbons (Fsp3) is 0.625. The van der Waals surface area contributed by atoms with E-state index < -0.39 is 0 Å². The summed E-state index contributed by atoms with van der Waals surface area (Å²) >= 11 is 0. The summed E-state index contributed by atoms with van der Waals surface area (Å²) in [6.07, 6.45) is 15.3. The van der Waals surface area contributed by atoms with Gasteiger partial charge in [-0.25, -0.2) is 0 Å². The SMILES string of the molecule is CCCCCCCC(OC(CCCCCCC)c1cccc(N(C)C)c1)c1cccc(N(C)C)c1. The molecule has 2 atom stereocenters.